The van der Waals surface area contributed by atoms with E-state index in [1.807, 2.05) is 24.0 Å². The van der Waals surface area contributed by atoms with Gasteiger partial charge in [0.2, 0.25) is 0 Å². The van der Waals surface area contributed by atoms with Crippen LogP contribution in [0.3, 0.4) is 0 Å². The van der Waals surface area contributed by atoms with Crippen LogP contribution in [0.1, 0.15) is 43.2 Å². The van der Waals surface area contributed by atoms with Crippen LogP contribution in [0, 0.1) is 12.7 Å². The quantitative estimate of drug-likeness (QED) is 0.766. The number of carbonyl (C=O) groups is 1. The first-order valence-corrected chi connectivity index (χ1v) is 10.9. The fourth-order valence-electron chi connectivity index (χ4n) is 4.11. The van der Waals surface area contributed by atoms with Crippen molar-refractivity contribution in [1.82, 2.24) is 20.4 Å². The molecule has 2 aliphatic rings. The summed E-state index contributed by atoms with van der Waals surface area (Å²) < 4.78 is 14.2. The number of urea groups is 1. The largest absolute Gasteiger partial charge is 0.353 e. The fraction of sp³-hybridized carbons (Fsp3) is 0.500. The molecule has 2 fully saturated rings. The Labute approximate surface area is 181 Å². The Morgan fingerprint density at radius 3 is 2.87 bits per heavy atom. The highest BCUT2D eigenvalue weighted by atomic mass is 35.5. The second kappa shape index (κ2) is 9.16. The van der Waals surface area contributed by atoms with Crippen molar-refractivity contribution < 1.29 is 9.18 Å². The predicted molar refractivity (Wildman–Crippen MR) is 115 cm³/mol. The lowest BCUT2D eigenvalue weighted by Crippen LogP contribution is -2.51. The van der Waals surface area contributed by atoms with E-state index in [2.05, 4.69) is 20.4 Å². The van der Waals surface area contributed by atoms with E-state index in [0.717, 1.165) is 56.6 Å². The Balaban J connectivity index is 1.46. The highest BCUT2D eigenvalue weighted by molar-refractivity contribution is 6.31. The smallest absolute Gasteiger partial charge is 0.318 e. The number of halogens is 2. The zero-order valence-corrected chi connectivity index (χ0v) is 17.9. The normalized spacial score (nSPS) is 19.3. The van der Waals surface area contributed by atoms with E-state index in [4.69, 9.17) is 11.6 Å². The number of rotatable bonds is 5. The molecule has 0 spiro atoms. The van der Waals surface area contributed by atoms with Crippen molar-refractivity contribution in [3.05, 3.63) is 52.4 Å². The molecule has 6 nitrogen and oxygen atoms in total. The Bertz CT molecular complexity index is 893. The van der Waals surface area contributed by atoms with Gasteiger partial charge in [0.25, 0.3) is 0 Å². The van der Waals surface area contributed by atoms with Gasteiger partial charge in [-0.15, -0.1) is 5.10 Å². The Morgan fingerprint density at radius 1 is 1.30 bits per heavy atom. The first-order chi connectivity index (χ1) is 14.5. The number of aryl methyl sites for hydroxylation is 1. The molecule has 1 N–H and O–H groups in total. The maximum absolute atomic E-state index is 14.2. The maximum Gasteiger partial charge on any atom is 0.318 e. The van der Waals surface area contributed by atoms with E-state index < -0.39 is 5.82 Å². The summed E-state index contributed by atoms with van der Waals surface area (Å²) in [6.45, 7) is 3.62. The van der Waals surface area contributed by atoms with Crippen molar-refractivity contribution in [2.45, 2.75) is 57.7 Å². The molecule has 0 radical (unpaired) electrons. The van der Waals surface area contributed by atoms with Gasteiger partial charge in [-0.2, -0.15) is 5.10 Å². The van der Waals surface area contributed by atoms with Crippen LogP contribution >= 0.6 is 11.6 Å². The van der Waals surface area contributed by atoms with Gasteiger partial charge in [0.15, 0.2) is 5.82 Å². The minimum atomic E-state index is -0.396. The Hall–Kier alpha value is -2.41. The average Bonchev–Trinajstić information content (AvgIpc) is 3.58. The molecule has 1 atom stereocenters. The molecule has 8 heteroatoms. The van der Waals surface area contributed by atoms with E-state index >= 15 is 0 Å². The Kier molecular flexibility index (Phi) is 6.37. The van der Waals surface area contributed by atoms with Gasteiger partial charge in [-0.25, -0.2) is 9.18 Å². The topological polar surface area (TPSA) is 61.4 Å². The third-order valence-corrected chi connectivity index (χ3v) is 6.26. The van der Waals surface area contributed by atoms with Crippen LogP contribution in [0.15, 0.2) is 30.5 Å². The van der Waals surface area contributed by atoms with Crippen LogP contribution in [0.25, 0.3) is 0 Å². The number of benzene rings is 1. The summed E-state index contributed by atoms with van der Waals surface area (Å²) in [6, 6.07) is 7.07. The molecule has 1 aliphatic carbocycles. The summed E-state index contributed by atoms with van der Waals surface area (Å²) in [6.07, 6.45) is 6.77. The molecule has 4 rings (SSSR count). The van der Waals surface area contributed by atoms with Gasteiger partial charge in [-0.3, -0.25) is 0 Å². The number of carbonyl (C=O) groups excluding carboxylic acids is 1. The molecule has 2 heterocycles. The number of hydrogen-bond donors (Lipinski definition) is 1. The lowest BCUT2D eigenvalue weighted by molar-refractivity contribution is 0.167. The van der Waals surface area contributed by atoms with E-state index in [1.165, 1.54) is 6.07 Å². The molecule has 2 aromatic rings. The number of hydrogen-bond acceptors (Lipinski definition) is 4. The van der Waals surface area contributed by atoms with Crippen molar-refractivity contribution in [1.29, 1.82) is 0 Å². The van der Waals surface area contributed by atoms with Gasteiger partial charge < -0.3 is 15.1 Å². The molecule has 2 amide bonds. The molecule has 1 aromatic heterocycles. The molecule has 30 heavy (non-hydrogen) atoms. The lowest BCUT2D eigenvalue weighted by atomic mass is 10.1. The van der Waals surface area contributed by atoms with Crippen molar-refractivity contribution in [2.24, 2.45) is 0 Å². The summed E-state index contributed by atoms with van der Waals surface area (Å²) in [7, 11) is 0. The number of anilines is 1. The molecule has 0 bridgehead atoms. The van der Waals surface area contributed by atoms with Gasteiger partial charge in [-0.05, 0) is 68.9 Å². The van der Waals surface area contributed by atoms with Gasteiger partial charge in [0.1, 0.15) is 5.82 Å². The van der Waals surface area contributed by atoms with Crippen molar-refractivity contribution >= 4 is 23.4 Å². The first-order valence-electron chi connectivity index (χ1n) is 10.6. The predicted octanol–water partition coefficient (Wildman–Crippen LogP) is 4.31. The lowest BCUT2D eigenvalue weighted by Gasteiger charge is -2.34. The molecule has 1 aromatic carbocycles. The highest BCUT2D eigenvalue weighted by Crippen LogP contribution is 2.32. The summed E-state index contributed by atoms with van der Waals surface area (Å²) >= 11 is 5.98. The monoisotopic (exact) mass is 431 g/mol. The second-order valence-electron chi connectivity index (χ2n) is 8.17. The third kappa shape index (κ3) is 4.83. The summed E-state index contributed by atoms with van der Waals surface area (Å²) in [4.78, 5) is 17.3. The first kappa shape index (κ1) is 20.8. The van der Waals surface area contributed by atoms with E-state index in [-0.39, 0.29) is 24.7 Å². The van der Waals surface area contributed by atoms with Crippen LogP contribution in [-0.2, 0) is 6.54 Å². The average molecular weight is 432 g/mol. The molecular formula is C22H27ClFN5O. The molecular weight excluding hydrogens is 405 g/mol. The summed E-state index contributed by atoms with van der Waals surface area (Å²) in [5.74, 6) is 0.450. The van der Waals surface area contributed by atoms with Gasteiger partial charge in [0, 0.05) is 42.5 Å². The van der Waals surface area contributed by atoms with Crippen LogP contribution in [0.2, 0.25) is 5.02 Å². The molecule has 1 aliphatic heterocycles. The van der Waals surface area contributed by atoms with Crippen molar-refractivity contribution in [3.63, 3.8) is 0 Å². The fourth-order valence-corrected chi connectivity index (χ4v) is 4.26. The van der Waals surface area contributed by atoms with Gasteiger partial charge >= 0.3 is 6.03 Å². The standard InChI is InChI=1S/C22H27ClFN5O/c1-15-11-16(20(24)12-19(15)23)13-25-22(30)29(17-7-8-17)18-5-2-3-10-28(14-18)21-6-4-9-26-27-21/h4,6,9,11-12,17-18H,2-3,5,7-8,10,13-14H2,1H3,(H,25,30). The number of aromatic nitrogens is 2. The van der Waals surface area contributed by atoms with Crippen molar-refractivity contribution in [2.75, 3.05) is 18.0 Å². The minimum Gasteiger partial charge on any atom is -0.353 e. The summed E-state index contributed by atoms with van der Waals surface area (Å²) in [5, 5.41) is 11.6. The minimum absolute atomic E-state index is 0.0961. The van der Waals surface area contributed by atoms with Crippen LogP contribution in [0.4, 0.5) is 15.0 Å². The number of nitrogens with zero attached hydrogens (tertiary/aromatic N) is 4. The van der Waals surface area contributed by atoms with Gasteiger partial charge in [0.05, 0.1) is 6.04 Å². The SMILES string of the molecule is Cc1cc(CNC(=O)N(C2CC2)C2CCCCN(c3cccnn3)C2)c(F)cc1Cl. The zero-order chi connectivity index (χ0) is 21.1. The van der Waals surface area contributed by atoms with Gasteiger partial charge in [-0.1, -0.05) is 11.6 Å². The van der Waals surface area contributed by atoms with Crippen molar-refractivity contribution in [3.8, 4) is 0 Å². The highest BCUT2D eigenvalue weighted by Gasteiger charge is 2.38. The van der Waals surface area contributed by atoms with E-state index in [9.17, 15) is 9.18 Å². The zero-order valence-electron chi connectivity index (χ0n) is 17.2. The molecule has 160 valence electrons. The third-order valence-electron chi connectivity index (χ3n) is 5.85. The maximum atomic E-state index is 14.2. The Morgan fingerprint density at radius 2 is 2.13 bits per heavy atom. The number of nitrogens with one attached hydrogen (secondary N) is 1. The van der Waals surface area contributed by atoms with Crippen LogP contribution in [0.5, 0.6) is 0 Å². The second-order valence-corrected chi connectivity index (χ2v) is 8.57. The summed E-state index contributed by atoms with van der Waals surface area (Å²) in [5.41, 5.74) is 1.24. The van der Waals surface area contributed by atoms with E-state index in [1.54, 1.807) is 12.3 Å². The molecule has 1 unspecified atom stereocenters. The van der Waals surface area contributed by atoms with Crippen LogP contribution in [-0.4, -0.2) is 46.3 Å². The molecule has 1 saturated heterocycles. The van der Waals surface area contributed by atoms with Crippen LogP contribution < -0.4 is 10.2 Å². The molecule has 1 saturated carbocycles. The van der Waals surface area contributed by atoms with E-state index in [0.29, 0.717) is 10.6 Å². The number of amides is 2.